The summed E-state index contributed by atoms with van der Waals surface area (Å²) in [5, 5.41) is 16.0. The van der Waals surface area contributed by atoms with Gasteiger partial charge in [0.15, 0.2) is 0 Å². The minimum atomic E-state index is -0.920. The lowest BCUT2D eigenvalue weighted by Gasteiger charge is -2.32. The molecule has 0 radical (unpaired) electrons. The lowest BCUT2D eigenvalue weighted by Crippen LogP contribution is -2.47. The van der Waals surface area contributed by atoms with E-state index in [1.54, 1.807) is 0 Å². The van der Waals surface area contributed by atoms with E-state index in [1.807, 2.05) is 0 Å². The van der Waals surface area contributed by atoms with Gasteiger partial charge in [0.1, 0.15) is 11.9 Å². The van der Waals surface area contributed by atoms with E-state index in [2.05, 4.69) is 32.6 Å². The summed E-state index contributed by atoms with van der Waals surface area (Å²) in [4.78, 5) is 34.3. The Balaban J connectivity index is 1.02. The van der Waals surface area contributed by atoms with E-state index in [0.717, 1.165) is 95.3 Å². The number of nitrogens with zero attached hydrogens (tertiary/aromatic N) is 3. The number of aromatic nitrogens is 1. The molecule has 2 saturated heterocycles. The maximum Gasteiger partial charge on any atom is 0.326 e. The van der Waals surface area contributed by atoms with Crippen LogP contribution < -0.4 is 10.6 Å². The molecule has 4 aliphatic rings. The Morgan fingerprint density at radius 1 is 1.14 bits per heavy atom. The van der Waals surface area contributed by atoms with E-state index in [-0.39, 0.29) is 11.8 Å². The van der Waals surface area contributed by atoms with Crippen LogP contribution in [-0.4, -0.2) is 83.1 Å². The zero-order valence-electron chi connectivity index (χ0n) is 20.9. The smallest absolute Gasteiger partial charge is 0.326 e. The molecule has 3 fully saturated rings. The molecule has 8 heteroatoms. The molecule has 1 aromatic heterocycles. The van der Waals surface area contributed by atoms with E-state index >= 15 is 0 Å². The van der Waals surface area contributed by atoms with Crippen molar-refractivity contribution in [3.8, 4) is 0 Å². The van der Waals surface area contributed by atoms with E-state index < -0.39 is 12.0 Å². The Morgan fingerprint density at radius 2 is 1.97 bits per heavy atom. The molecule has 192 valence electrons. The fourth-order valence-electron chi connectivity index (χ4n) is 6.04. The highest BCUT2D eigenvalue weighted by molar-refractivity contribution is 5.85. The summed E-state index contributed by atoms with van der Waals surface area (Å²) >= 11 is 0. The van der Waals surface area contributed by atoms with Crippen molar-refractivity contribution in [1.82, 2.24) is 20.1 Å². The topological polar surface area (TPSA) is 97.8 Å². The Labute approximate surface area is 208 Å². The predicted molar refractivity (Wildman–Crippen MR) is 135 cm³/mol. The molecule has 0 bridgehead atoms. The lowest BCUT2D eigenvalue weighted by atomic mass is 9.95. The first-order valence-corrected chi connectivity index (χ1v) is 13.8. The summed E-state index contributed by atoms with van der Waals surface area (Å²) in [6, 6.07) is 4.34. The number of hydrogen-bond donors (Lipinski definition) is 3. The van der Waals surface area contributed by atoms with Gasteiger partial charge < -0.3 is 25.5 Å². The van der Waals surface area contributed by atoms with Gasteiger partial charge in [-0.15, -0.1) is 0 Å². The molecule has 35 heavy (non-hydrogen) atoms. The van der Waals surface area contributed by atoms with Crippen molar-refractivity contribution < 1.29 is 14.7 Å². The minimum Gasteiger partial charge on any atom is -0.480 e. The molecule has 2 atom stereocenters. The van der Waals surface area contributed by atoms with Gasteiger partial charge in [-0.2, -0.15) is 0 Å². The minimum absolute atomic E-state index is 0.0459. The van der Waals surface area contributed by atoms with Gasteiger partial charge in [0.25, 0.3) is 0 Å². The second-order valence-electron chi connectivity index (χ2n) is 11.1. The zero-order chi connectivity index (χ0) is 24.2. The average Bonchev–Trinajstić information content (AvgIpc) is 3.63. The van der Waals surface area contributed by atoms with Crippen LogP contribution in [0.2, 0.25) is 0 Å². The predicted octanol–water partition coefficient (Wildman–Crippen LogP) is 2.53. The number of carboxylic acid groups (broad SMARTS) is 1. The molecule has 1 saturated carbocycles. The molecule has 3 N–H and O–H groups in total. The number of fused-ring (bicyclic) bond motifs is 1. The van der Waals surface area contributed by atoms with Crippen LogP contribution in [0.25, 0.3) is 0 Å². The first-order valence-electron chi connectivity index (χ1n) is 13.8. The second-order valence-corrected chi connectivity index (χ2v) is 11.1. The summed E-state index contributed by atoms with van der Waals surface area (Å²) < 4.78 is 0. The fourth-order valence-corrected chi connectivity index (χ4v) is 6.04. The largest absolute Gasteiger partial charge is 0.480 e. The van der Waals surface area contributed by atoms with Crippen LogP contribution in [0.15, 0.2) is 12.1 Å². The van der Waals surface area contributed by atoms with Gasteiger partial charge in [0.05, 0.1) is 0 Å². The van der Waals surface area contributed by atoms with E-state index in [9.17, 15) is 14.7 Å². The standard InChI is InChI=1S/C27H41N5O3/c33-26(21-10-16-32(17-11-21)23-7-8-23)30-24(27(34)35)12-15-31-14-9-19(18-31)3-5-22-6-4-20-2-1-13-28-25(20)29-22/h4,6,19,21,23-24H,1-3,5,7-18H2,(H,28,29)(H,30,33)(H,34,35)/t19-,24-/m1/s1. The quantitative estimate of drug-likeness (QED) is 0.470. The third-order valence-corrected chi connectivity index (χ3v) is 8.44. The number of pyridine rings is 1. The monoisotopic (exact) mass is 483 g/mol. The van der Waals surface area contributed by atoms with Gasteiger partial charge in [0.2, 0.25) is 5.91 Å². The van der Waals surface area contributed by atoms with Crippen LogP contribution in [0.5, 0.6) is 0 Å². The molecular weight excluding hydrogens is 442 g/mol. The average molecular weight is 484 g/mol. The summed E-state index contributed by atoms with van der Waals surface area (Å²) in [7, 11) is 0. The number of carbonyl (C=O) groups is 2. The van der Waals surface area contributed by atoms with Gasteiger partial charge in [-0.3, -0.25) is 4.79 Å². The molecule has 3 aliphatic heterocycles. The van der Waals surface area contributed by atoms with Crippen molar-refractivity contribution in [1.29, 1.82) is 0 Å². The molecule has 0 aromatic carbocycles. The van der Waals surface area contributed by atoms with Crippen molar-refractivity contribution >= 4 is 17.7 Å². The van der Waals surface area contributed by atoms with Gasteiger partial charge in [-0.1, -0.05) is 6.07 Å². The van der Waals surface area contributed by atoms with E-state index in [0.29, 0.717) is 12.3 Å². The van der Waals surface area contributed by atoms with Gasteiger partial charge in [0, 0.05) is 37.3 Å². The molecule has 0 spiro atoms. The Kier molecular flexibility index (Phi) is 7.88. The molecule has 8 nitrogen and oxygen atoms in total. The van der Waals surface area contributed by atoms with Crippen LogP contribution in [0, 0.1) is 11.8 Å². The zero-order valence-corrected chi connectivity index (χ0v) is 20.9. The van der Waals surface area contributed by atoms with Gasteiger partial charge >= 0.3 is 5.97 Å². The number of anilines is 1. The highest BCUT2D eigenvalue weighted by atomic mass is 16.4. The normalized spacial score (nSPS) is 24.5. The number of amides is 1. The summed E-state index contributed by atoms with van der Waals surface area (Å²) in [6.45, 7) is 5.67. The highest BCUT2D eigenvalue weighted by Gasteiger charge is 2.35. The third kappa shape index (κ3) is 6.53. The Bertz CT molecular complexity index is 897. The lowest BCUT2D eigenvalue weighted by molar-refractivity contribution is -0.143. The van der Waals surface area contributed by atoms with E-state index in [4.69, 9.17) is 4.98 Å². The number of aryl methyl sites for hydroxylation is 2. The summed E-state index contributed by atoms with van der Waals surface area (Å²) in [5.74, 6) is 0.651. The number of carboxylic acids is 1. The first-order chi connectivity index (χ1) is 17.0. The summed E-state index contributed by atoms with van der Waals surface area (Å²) in [5.41, 5.74) is 2.49. The van der Waals surface area contributed by atoms with Crippen molar-refractivity contribution in [2.45, 2.75) is 76.3 Å². The van der Waals surface area contributed by atoms with Crippen molar-refractivity contribution in [2.24, 2.45) is 11.8 Å². The van der Waals surface area contributed by atoms with Gasteiger partial charge in [-0.25, -0.2) is 9.78 Å². The fraction of sp³-hybridized carbons (Fsp3) is 0.741. The summed E-state index contributed by atoms with van der Waals surface area (Å²) in [6.07, 6.45) is 10.3. The Hall–Kier alpha value is -2.19. The SMILES string of the molecule is O=C(N[C@H](CCN1CC[C@@H](CCc2ccc3c(n2)NCCC3)C1)C(=O)O)C1CCN(C2CC2)CC1. The van der Waals surface area contributed by atoms with Gasteiger partial charge in [-0.05, 0) is 101 Å². The molecule has 1 amide bonds. The highest BCUT2D eigenvalue weighted by Crippen LogP contribution is 2.31. The third-order valence-electron chi connectivity index (χ3n) is 8.44. The number of hydrogen-bond acceptors (Lipinski definition) is 6. The van der Waals surface area contributed by atoms with Crippen molar-refractivity contribution in [2.75, 3.05) is 44.6 Å². The maximum absolute atomic E-state index is 12.7. The van der Waals surface area contributed by atoms with Crippen LogP contribution >= 0.6 is 0 Å². The van der Waals surface area contributed by atoms with Crippen LogP contribution in [-0.2, 0) is 22.4 Å². The number of rotatable bonds is 10. The molecular formula is C27H41N5O3. The number of piperidine rings is 1. The molecule has 5 rings (SSSR count). The molecule has 0 unspecified atom stereocenters. The van der Waals surface area contributed by atoms with Crippen LogP contribution in [0.4, 0.5) is 5.82 Å². The molecule has 4 heterocycles. The maximum atomic E-state index is 12.7. The van der Waals surface area contributed by atoms with Crippen molar-refractivity contribution in [3.05, 3.63) is 23.4 Å². The number of aliphatic carboxylic acids is 1. The first kappa shape index (κ1) is 24.5. The van der Waals surface area contributed by atoms with Crippen LogP contribution in [0.3, 0.4) is 0 Å². The second kappa shape index (κ2) is 11.2. The number of nitrogens with one attached hydrogen (secondary N) is 2. The molecule has 1 aromatic rings. The molecule has 1 aliphatic carbocycles. The Morgan fingerprint density at radius 3 is 2.74 bits per heavy atom. The van der Waals surface area contributed by atoms with Crippen molar-refractivity contribution in [3.63, 3.8) is 0 Å². The van der Waals surface area contributed by atoms with Crippen LogP contribution in [0.1, 0.15) is 62.6 Å². The number of carbonyl (C=O) groups excluding carboxylic acids is 1. The van der Waals surface area contributed by atoms with E-state index in [1.165, 1.54) is 24.8 Å². The number of likely N-dealkylation sites (tertiary alicyclic amines) is 2.